The molecule has 1 fully saturated rings. The Morgan fingerprint density at radius 3 is 2.91 bits per heavy atom. The third-order valence-electron chi connectivity index (χ3n) is 3.94. The molecule has 5 heteroatoms. The van der Waals surface area contributed by atoms with E-state index in [0.717, 1.165) is 30.8 Å². The van der Waals surface area contributed by atoms with Gasteiger partial charge in [0.1, 0.15) is 0 Å². The van der Waals surface area contributed by atoms with Gasteiger partial charge in [0.15, 0.2) is 11.5 Å². The molecule has 2 rings (SSSR count). The van der Waals surface area contributed by atoms with Crippen molar-refractivity contribution in [2.75, 3.05) is 20.3 Å². The maximum absolute atomic E-state index is 12.3. The largest absolute Gasteiger partial charge is 0.493 e. The minimum atomic E-state index is -0.0571. The lowest BCUT2D eigenvalue weighted by atomic mass is 9.94. The molecule has 1 heterocycles. The summed E-state index contributed by atoms with van der Waals surface area (Å²) < 4.78 is 16.4. The molecule has 2 atom stereocenters. The summed E-state index contributed by atoms with van der Waals surface area (Å²) in [5.74, 6) is 1.40. The molecular formula is C17H25NO4. The lowest BCUT2D eigenvalue weighted by molar-refractivity contribution is -0.133. The lowest BCUT2D eigenvalue weighted by Crippen LogP contribution is -2.39. The van der Waals surface area contributed by atoms with E-state index in [-0.39, 0.29) is 17.9 Å². The Morgan fingerprint density at radius 1 is 1.41 bits per heavy atom. The maximum Gasteiger partial charge on any atom is 0.225 e. The van der Waals surface area contributed by atoms with Gasteiger partial charge in [-0.1, -0.05) is 6.07 Å². The van der Waals surface area contributed by atoms with Crippen molar-refractivity contribution in [3.8, 4) is 11.5 Å². The SMILES string of the molecule is CCOc1ccc(CNC(=O)[C@H]2CCCO[C@H]2C)cc1OC. The quantitative estimate of drug-likeness (QED) is 0.877. The van der Waals surface area contributed by atoms with Crippen molar-refractivity contribution >= 4 is 5.91 Å². The van der Waals surface area contributed by atoms with E-state index in [9.17, 15) is 4.79 Å². The minimum absolute atomic E-state index is 0.0105. The van der Waals surface area contributed by atoms with Crippen LogP contribution in [0, 0.1) is 5.92 Å². The Kier molecular flexibility index (Phi) is 6.07. The Hall–Kier alpha value is -1.75. The fraction of sp³-hybridized carbons (Fsp3) is 0.588. The van der Waals surface area contributed by atoms with Crippen LogP contribution in [0.4, 0.5) is 0 Å². The number of hydrogen-bond donors (Lipinski definition) is 1. The van der Waals surface area contributed by atoms with Gasteiger partial charge in [0.2, 0.25) is 5.91 Å². The summed E-state index contributed by atoms with van der Waals surface area (Å²) in [5, 5.41) is 2.99. The van der Waals surface area contributed by atoms with E-state index in [2.05, 4.69) is 5.32 Å². The van der Waals surface area contributed by atoms with Crippen molar-refractivity contribution in [1.29, 1.82) is 0 Å². The second-order valence-corrected chi connectivity index (χ2v) is 5.46. The van der Waals surface area contributed by atoms with Crippen LogP contribution >= 0.6 is 0 Å². The first-order valence-corrected chi connectivity index (χ1v) is 7.84. The van der Waals surface area contributed by atoms with Crippen LogP contribution in [0.3, 0.4) is 0 Å². The first-order chi connectivity index (χ1) is 10.7. The number of ether oxygens (including phenoxy) is 3. The van der Waals surface area contributed by atoms with Crippen molar-refractivity contribution in [1.82, 2.24) is 5.32 Å². The van der Waals surface area contributed by atoms with Crippen molar-refractivity contribution in [3.05, 3.63) is 23.8 Å². The molecular weight excluding hydrogens is 282 g/mol. The van der Waals surface area contributed by atoms with Crippen LogP contribution in [-0.2, 0) is 16.1 Å². The predicted molar refractivity (Wildman–Crippen MR) is 84.1 cm³/mol. The maximum atomic E-state index is 12.3. The number of rotatable bonds is 6. The van der Waals surface area contributed by atoms with Crippen molar-refractivity contribution in [2.45, 2.75) is 39.3 Å². The van der Waals surface area contributed by atoms with Crippen LogP contribution in [0.15, 0.2) is 18.2 Å². The van der Waals surface area contributed by atoms with Gasteiger partial charge in [0.25, 0.3) is 0 Å². The Morgan fingerprint density at radius 2 is 2.23 bits per heavy atom. The number of benzene rings is 1. The van der Waals surface area contributed by atoms with Crippen LogP contribution in [0.25, 0.3) is 0 Å². The predicted octanol–water partition coefficient (Wildman–Crippen LogP) is 2.53. The first kappa shape index (κ1) is 16.6. The molecule has 122 valence electrons. The monoisotopic (exact) mass is 307 g/mol. The first-order valence-electron chi connectivity index (χ1n) is 7.84. The van der Waals surface area contributed by atoms with E-state index in [1.165, 1.54) is 0 Å². The molecule has 1 aromatic carbocycles. The van der Waals surface area contributed by atoms with Crippen molar-refractivity contribution in [2.24, 2.45) is 5.92 Å². The average Bonchev–Trinajstić information content (AvgIpc) is 2.54. The van der Waals surface area contributed by atoms with Gasteiger partial charge in [0.05, 0.1) is 25.7 Å². The molecule has 1 aliphatic rings. The summed E-state index contributed by atoms with van der Waals surface area (Å²) in [6.45, 7) is 5.71. The molecule has 1 aromatic rings. The summed E-state index contributed by atoms with van der Waals surface area (Å²) in [5.41, 5.74) is 0.984. The van der Waals surface area contributed by atoms with Gasteiger partial charge in [-0.2, -0.15) is 0 Å². The molecule has 0 spiro atoms. The average molecular weight is 307 g/mol. The minimum Gasteiger partial charge on any atom is -0.493 e. The normalized spacial score (nSPS) is 21.2. The zero-order chi connectivity index (χ0) is 15.9. The van der Waals surface area contributed by atoms with E-state index in [4.69, 9.17) is 14.2 Å². The number of amides is 1. The molecule has 1 N–H and O–H groups in total. The second-order valence-electron chi connectivity index (χ2n) is 5.46. The molecule has 0 radical (unpaired) electrons. The van der Waals surface area contributed by atoms with Gasteiger partial charge in [-0.25, -0.2) is 0 Å². The third kappa shape index (κ3) is 4.13. The second kappa shape index (κ2) is 8.03. The van der Waals surface area contributed by atoms with E-state index < -0.39 is 0 Å². The molecule has 0 aromatic heterocycles. The van der Waals surface area contributed by atoms with E-state index in [1.807, 2.05) is 32.0 Å². The molecule has 0 aliphatic carbocycles. The molecule has 1 saturated heterocycles. The molecule has 5 nitrogen and oxygen atoms in total. The van der Waals surface area contributed by atoms with Crippen molar-refractivity contribution in [3.63, 3.8) is 0 Å². The summed E-state index contributed by atoms with van der Waals surface area (Å²) >= 11 is 0. The molecule has 22 heavy (non-hydrogen) atoms. The fourth-order valence-electron chi connectivity index (χ4n) is 2.68. The van der Waals surface area contributed by atoms with E-state index in [1.54, 1.807) is 7.11 Å². The van der Waals surface area contributed by atoms with Gasteiger partial charge >= 0.3 is 0 Å². The van der Waals surface area contributed by atoms with Gasteiger partial charge in [-0.3, -0.25) is 4.79 Å². The highest BCUT2D eigenvalue weighted by Crippen LogP contribution is 2.28. The zero-order valence-corrected chi connectivity index (χ0v) is 13.6. The van der Waals surface area contributed by atoms with Gasteiger partial charge in [0, 0.05) is 13.2 Å². The number of nitrogens with one attached hydrogen (secondary N) is 1. The highest BCUT2D eigenvalue weighted by atomic mass is 16.5. The van der Waals surface area contributed by atoms with E-state index in [0.29, 0.717) is 18.9 Å². The summed E-state index contributed by atoms with van der Waals surface area (Å²) in [6.07, 6.45) is 1.82. The van der Waals surface area contributed by atoms with Crippen LogP contribution < -0.4 is 14.8 Å². The van der Waals surface area contributed by atoms with Crippen LogP contribution in [0.1, 0.15) is 32.3 Å². The molecule has 1 aliphatic heterocycles. The highest BCUT2D eigenvalue weighted by molar-refractivity contribution is 5.79. The summed E-state index contributed by atoms with van der Waals surface area (Å²) in [6, 6.07) is 5.71. The Labute approximate surface area is 131 Å². The zero-order valence-electron chi connectivity index (χ0n) is 13.6. The van der Waals surface area contributed by atoms with Gasteiger partial charge < -0.3 is 19.5 Å². The smallest absolute Gasteiger partial charge is 0.225 e. The van der Waals surface area contributed by atoms with E-state index >= 15 is 0 Å². The number of methoxy groups -OCH3 is 1. The Balaban J connectivity index is 1.94. The number of carbonyl (C=O) groups excluding carboxylic acids is 1. The molecule has 0 unspecified atom stereocenters. The Bertz CT molecular complexity index is 503. The topological polar surface area (TPSA) is 56.8 Å². The summed E-state index contributed by atoms with van der Waals surface area (Å²) in [4.78, 5) is 12.3. The molecule has 1 amide bonds. The molecule has 0 saturated carbocycles. The summed E-state index contributed by atoms with van der Waals surface area (Å²) in [7, 11) is 1.61. The number of carbonyl (C=O) groups is 1. The number of hydrogen-bond acceptors (Lipinski definition) is 4. The lowest BCUT2D eigenvalue weighted by Gasteiger charge is -2.28. The third-order valence-corrected chi connectivity index (χ3v) is 3.94. The van der Waals surface area contributed by atoms with Gasteiger partial charge in [-0.05, 0) is 44.4 Å². The highest BCUT2D eigenvalue weighted by Gasteiger charge is 2.28. The van der Waals surface area contributed by atoms with Gasteiger partial charge in [-0.15, -0.1) is 0 Å². The van der Waals surface area contributed by atoms with Crippen LogP contribution in [-0.4, -0.2) is 32.3 Å². The van der Waals surface area contributed by atoms with Crippen LogP contribution in [0.5, 0.6) is 11.5 Å². The van der Waals surface area contributed by atoms with Crippen LogP contribution in [0.2, 0.25) is 0 Å². The standard InChI is InChI=1S/C17H25NO4/c1-4-21-15-8-7-13(10-16(15)20-3)11-18-17(19)14-6-5-9-22-12(14)2/h7-8,10,12,14H,4-6,9,11H2,1-3H3,(H,18,19)/t12-,14-/m0/s1. The molecule has 0 bridgehead atoms. The fourth-order valence-corrected chi connectivity index (χ4v) is 2.68. The van der Waals surface area contributed by atoms with Crippen molar-refractivity contribution < 1.29 is 19.0 Å².